The summed E-state index contributed by atoms with van der Waals surface area (Å²) in [4.78, 5) is 42.5. The van der Waals surface area contributed by atoms with Crippen LogP contribution in [0.15, 0.2) is 18.2 Å². The Hall–Kier alpha value is -1.99. The Kier molecular flexibility index (Phi) is 7.31. The zero-order valence-electron chi connectivity index (χ0n) is 20.9. The molecule has 3 fully saturated rings. The molecule has 1 N–H and O–H groups in total. The minimum atomic E-state index is -0.625. The molecule has 0 radical (unpaired) electrons. The van der Waals surface area contributed by atoms with Crippen molar-refractivity contribution in [1.29, 1.82) is 0 Å². The number of rotatable bonds is 4. The molecular weight excluding hydrogens is 489 g/mol. The number of carbonyl (C=O) groups excluding carboxylic acids is 3. The van der Waals surface area contributed by atoms with E-state index < -0.39 is 11.7 Å². The maximum absolute atomic E-state index is 13.5. The van der Waals surface area contributed by atoms with E-state index in [0.29, 0.717) is 49.1 Å². The van der Waals surface area contributed by atoms with Crippen LogP contribution in [0.25, 0.3) is 0 Å². The van der Waals surface area contributed by atoms with Crippen molar-refractivity contribution >= 4 is 41.1 Å². The summed E-state index contributed by atoms with van der Waals surface area (Å²) in [7, 11) is 0. The van der Waals surface area contributed by atoms with Gasteiger partial charge in [0.25, 0.3) is 0 Å². The fourth-order valence-corrected chi connectivity index (χ4v) is 5.35. The van der Waals surface area contributed by atoms with Gasteiger partial charge in [-0.05, 0) is 64.2 Å². The predicted molar refractivity (Wildman–Crippen MR) is 136 cm³/mol. The minimum Gasteiger partial charge on any atom is -0.444 e. The number of ether oxygens (including phenoxy) is 1. The fraction of sp³-hybridized carbons (Fsp3) is 0.654. The van der Waals surface area contributed by atoms with E-state index in [1.165, 1.54) is 0 Å². The molecule has 2 aliphatic heterocycles. The molecular formula is C26H35Cl2N3O4. The van der Waals surface area contributed by atoms with E-state index in [4.69, 9.17) is 27.9 Å². The number of nitrogens with zero attached hydrogens (tertiary/aromatic N) is 2. The molecule has 35 heavy (non-hydrogen) atoms. The Morgan fingerprint density at radius 1 is 1.03 bits per heavy atom. The van der Waals surface area contributed by atoms with Crippen LogP contribution in [0.1, 0.15) is 64.9 Å². The van der Waals surface area contributed by atoms with Crippen LogP contribution in [0, 0.1) is 11.3 Å². The highest BCUT2D eigenvalue weighted by molar-refractivity contribution is 6.42. The molecule has 2 saturated heterocycles. The van der Waals surface area contributed by atoms with Crippen molar-refractivity contribution in [3.8, 4) is 0 Å². The van der Waals surface area contributed by atoms with E-state index >= 15 is 0 Å². The van der Waals surface area contributed by atoms with Crippen LogP contribution in [0.4, 0.5) is 4.79 Å². The number of likely N-dealkylation sites (tertiary alicyclic amines) is 2. The number of hydrogen-bond donors (Lipinski definition) is 1. The summed E-state index contributed by atoms with van der Waals surface area (Å²) in [5.41, 5.74) is 0.105. The first kappa shape index (κ1) is 26.1. The van der Waals surface area contributed by atoms with Gasteiger partial charge in [-0.15, -0.1) is 0 Å². The molecule has 1 aromatic carbocycles. The van der Waals surface area contributed by atoms with Gasteiger partial charge < -0.3 is 19.9 Å². The van der Waals surface area contributed by atoms with Crippen molar-refractivity contribution in [2.24, 2.45) is 11.3 Å². The molecule has 2 atom stereocenters. The monoisotopic (exact) mass is 523 g/mol. The van der Waals surface area contributed by atoms with Crippen LogP contribution in [0.2, 0.25) is 10.0 Å². The Morgan fingerprint density at radius 3 is 2.26 bits per heavy atom. The maximum atomic E-state index is 13.5. The second-order valence-corrected chi connectivity index (χ2v) is 12.2. The third kappa shape index (κ3) is 6.05. The van der Waals surface area contributed by atoms with E-state index in [-0.39, 0.29) is 35.1 Å². The standard InChI is InChI=1S/C26H35Cl2N3O4/c1-25(2,3)35-24(34)29-21-15-31(14-18(21)17-5-6-19(27)20(28)13-17)22(32)16-7-11-30(12-8-16)23(33)26(4)9-10-26/h5-6,13,16,18,21H,7-12,14-15H2,1-4H3,(H,29,34)/t18-,21+/m1/s1. The lowest BCUT2D eigenvalue weighted by Gasteiger charge is -2.34. The number of amides is 3. The third-order valence-electron chi connectivity index (χ3n) is 7.35. The summed E-state index contributed by atoms with van der Waals surface area (Å²) in [5, 5.41) is 3.86. The van der Waals surface area contributed by atoms with E-state index in [2.05, 4.69) is 5.32 Å². The highest BCUT2D eigenvalue weighted by Crippen LogP contribution is 2.47. The Bertz CT molecular complexity index is 997. The van der Waals surface area contributed by atoms with E-state index in [1.54, 1.807) is 12.1 Å². The molecule has 1 aliphatic carbocycles. The minimum absolute atomic E-state index is 0.0771. The van der Waals surface area contributed by atoms with Crippen molar-refractivity contribution in [3.63, 3.8) is 0 Å². The molecule has 3 amide bonds. The zero-order chi connectivity index (χ0) is 25.5. The number of halogens is 2. The number of hydrogen-bond acceptors (Lipinski definition) is 4. The zero-order valence-corrected chi connectivity index (χ0v) is 22.4. The summed E-state index contributed by atoms with van der Waals surface area (Å²) in [6.45, 7) is 9.56. The third-order valence-corrected chi connectivity index (χ3v) is 8.09. The molecule has 4 rings (SSSR count). The molecule has 3 aliphatic rings. The Morgan fingerprint density at radius 2 is 1.69 bits per heavy atom. The molecule has 7 nitrogen and oxygen atoms in total. The molecule has 0 unspecified atom stereocenters. The number of piperidine rings is 1. The number of carbonyl (C=O) groups is 3. The highest BCUT2D eigenvalue weighted by Gasteiger charge is 2.48. The van der Waals surface area contributed by atoms with E-state index in [0.717, 1.165) is 18.4 Å². The van der Waals surface area contributed by atoms with Crippen molar-refractivity contribution < 1.29 is 19.1 Å². The summed E-state index contributed by atoms with van der Waals surface area (Å²) in [6, 6.07) is 5.11. The topological polar surface area (TPSA) is 79.0 Å². The molecule has 0 bridgehead atoms. The maximum Gasteiger partial charge on any atom is 0.407 e. The van der Waals surface area contributed by atoms with Crippen molar-refractivity contribution in [3.05, 3.63) is 33.8 Å². The van der Waals surface area contributed by atoms with Crippen molar-refractivity contribution in [2.45, 2.75) is 70.9 Å². The predicted octanol–water partition coefficient (Wildman–Crippen LogP) is 4.85. The molecule has 9 heteroatoms. The fourth-order valence-electron chi connectivity index (χ4n) is 5.04. The van der Waals surface area contributed by atoms with Gasteiger partial charge in [-0.1, -0.05) is 36.2 Å². The Labute approximate surface area is 217 Å². The van der Waals surface area contributed by atoms with Crippen LogP contribution >= 0.6 is 23.2 Å². The molecule has 1 aromatic rings. The van der Waals surface area contributed by atoms with Crippen LogP contribution in [-0.4, -0.2) is 65.5 Å². The quantitative estimate of drug-likeness (QED) is 0.611. The van der Waals surface area contributed by atoms with Crippen LogP contribution in [0.3, 0.4) is 0 Å². The first-order valence-electron chi connectivity index (χ1n) is 12.4. The number of benzene rings is 1. The van der Waals surface area contributed by atoms with E-state index in [9.17, 15) is 14.4 Å². The van der Waals surface area contributed by atoms with E-state index in [1.807, 2.05) is 43.6 Å². The average Bonchev–Trinajstić information content (AvgIpc) is 3.41. The first-order valence-corrected chi connectivity index (χ1v) is 13.1. The van der Waals surface area contributed by atoms with Gasteiger partial charge in [0, 0.05) is 43.4 Å². The van der Waals surface area contributed by atoms with Gasteiger partial charge in [0.15, 0.2) is 0 Å². The molecule has 192 valence electrons. The normalized spacial score (nSPS) is 24.3. The van der Waals surface area contributed by atoms with Gasteiger partial charge in [-0.2, -0.15) is 0 Å². The van der Waals surface area contributed by atoms with Crippen LogP contribution in [0.5, 0.6) is 0 Å². The van der Waals surface area contributed by atoms with Crippen LogP contribution < -0.4 is 5.32 Å². The summed E-state index contributed by atoms with van der Waals surface area (Å²) >= 11 is 12.4. The lowest BCUT2D eigenvalue weighted by molar-refractivity contribution is -0.142. The highest BCUT2D eigenvalue weighted by atomic mass is 35.5. The van der Waals surface area contributed by atoms with Crippen LogP contribution in [-0.2, 0) is 14.3 Å². The summed E-state index contributed by atoms with van der Waals surface area (Å²) in [6.07, 6.45) is 2.74. The summed E-state index contributed by atoms with van der Waals surface area (Å²) < 4.78 is 5.47. The SMILES string of the molecule is CC(C)(C)OC(=O)N[C@H]1CN(C(=O)C2CCN(C(=O)C3(C)CC3)CC2)C[C@@H]1c1ccc(Cl)c(Cl)c1. The van der Waals surface area contributed by atoms with Gasteiger partial charge in [0.1, 0.15) is 5.60 Å². The van der Waals surface area contributed by atoms with Crippen molar-refractivity contribution in [2.75, 3.05) is 26.2 Å². The van der Waals surface area contributed by atoms with Gasteiger partial charge in [0.2, 0.25) is 11.8 Å². The lowest BCUT2D eigenvalue weighted by Crippen LogP contribution is -2.46. The first-order chi connectivity index (χ1) is 16.4. The van der Waals surface area contributed by atoms with Crippen molar-refractivity contribution in [1.82, 2.24) is 15.1 Å². The smallest absolute Gasteiger partial charge is 0.407 e. The molecule has 0 spiro atoms. The summed E-state index contributed by atoms with van der Waals surface area (Å²) in [5.74, 6) is 0.0395. The largest absolute Gasteiger partial charge is 0.444 e. The number of nitrogens with one attached hydrogen (secondary N) is 1. The average molecular weight is 524 g/mol. The van der Waals surface area contributed by atoms with Gasteiger partial charge in [-0.3, -0.25) is 9.59 Å². The second kappa shape index (κ2) is 9.81. The molecule has 0 aromatic heterocycles. The lowest BCUT2D eigenvalue weighted by atomic mass is 9.93. The second-order valence-electron chi connectivity index (χ2n) is 11.4. The number of alkyl carbamates (subject to hydrolysis) is 1. The Balaban J connectivity index is 1.44. The van der Waals surface area contributed by atoms with Gasteiger partial charge in [-0.25, -0.2) is 4.79 Å². The van der Waals surface area contributed by atoms with Gasteiger partial charge in [0.05, 0.1) is 16.1 Å². The van der Waals surface area contributed by atoms with Gasteiger partial charge >= 0.3 is 6.09 Å². The molecule has 2 heterocycles. The molecule has 1 saturated carbocycles.